The van der Waals surface area contributed by atoms with Gasteiger partial charge in [0, 0.05) is 37.8 Å². The van der Waals surface area contributed by atoms with Crippen LogP contribution in [-0.2, 0) is 0 Å². The minimum atomic E-state index is 0.559. The van der Waals surface area contributed by atoms with E-state index in [0.717, 1.165) is 37.8 Å². The summed E-state index contributed by atoms with van der Waals surface area (Å²) >= 11 is 0. The lowest BCUT2D eigenvalue weighted by Crippen LogP contribution is -2.45. The summed E-state index contributed by atoms with van der Waals surface area (Å²) in [6.07, 6.45) is 2.74. The summed E-state index contributed by atoms with van der Waals surface area (Å²) in [5, 5.41) is 3.44. The van der Waals surface area contributed by atoms with Crippen molar-refractivity contribution in [3.63, 3.8) is 0 Å². The van der Waals surface area contributed by atoms with Crippen molar-refractivity contribution in [3.8, 4) is 5.75 Å². The second-order valence-electron chi connectivity index (χ2n) is 5.31. The summed E-state index contributed by atoms with van der Waals surface area (Å²) in [5.41, 5.74) is 1.38. The fourth-order valence-corrected chi connectivity index (χ4v) is 3.03. The molecule has 1 N–H and O–H groups in total. The SMILES string of the molecule is COc1ccccc1[C@H](C1CC1)N1CCNCC1. The number of nitrogens with zero attached hydrogens (tertiary/aromatic N) is 1. The molecule has 0 radical (unpaired) electrons. The number of benzene rings is 1. The van der Waals surface area contributed by atoms with E-state index in [9.17, 15) is 0 Å². The van der Waals surface area contributed by atoms with Crippen LogP contribution in [-0.4, -0.2) is 38.2 Å². The summed E-state index contributed by atoms with van der Waals surface area (Å²) in [7, 11) is 1.78. The van der Waals surface area contributed by atoms with E-state index in [0.29, 0.717) is 6.04 Å². The van der Waals surface area contributed by atoms with Gasteiger partial charge in [-0.15, -0.1) is 0 Å². The molecule has 1 saturated carbocycles. The molecular formula is C15H22N2O. The normalized spacial score (nSPS) is 22.7. The van der Waals surface area contributed by atoms with Gasteiger partial charge in [0.1, 0.15) is 5.75 Å². The molecule has 1 aliphatic carbocycles. The Labute approximate surface area is 109 Å². The van der Waals surface area contributed by atoms with Gasteiger partial charge in [0.15, 0.2) is 0 Å². The molecular weight excluding hydrogens is 224 g/mol. The van der Waals surface area contributed by atoms with Crippen molar-refractivity contribution >= 4 is 0 Å². The van der Waals surface area contributed by atoms with Crippen molar-refractivity contribution in [2.75, 3.05) is 33.3 Å². The van der Waals surface area contributed by atoms with Gasteiger partial charge in [-0.3, -0.25) is 4.90 Å². The van der Waals surface area contributed by atoms with Crippen molar-refractivity contribution in [1.82, 2.24) is 10.2 Å². The first-order valence-corrected chi connectivity index (χ1v) is 6.98. The summed E-state index contributed by atoms with van der Waals surface area (Å²) in [6, 6.07) is 9.08. The Morgan fingerprint density at radius 1 is 1.22 bits per heavy atom. The lowest BCUT2D eigenvalue weighted by Gasteiger charge is -2.36. The number of piperazine rings is 1. The molecule has 3 rings (SSSR count). The average Bonchev–Trinajstić information content (AvgIpc) is 3.26. The zero-order valence-corrected chi connectivity index (χ0v) is 11.1. The first kappa shape index (κ1) is 12.0. The van der Waals surface area contributed by atoms with Crippen LogP contribution in [0.3, 0.4) is 0 Å². The van der Waals surface area contributed by atoms with Gasteiger partial charge < -0.3 is 10.1 Å². The topological polar surface area (TPSA) is 24.5 Å². The Hall–Kier alpha value is -1.06. The van der Waals surface area contributed by atoms with Gasteiger partial charge in [-0.1, -0.05) is 18.2 Å². The largest absolute Gasteiger partial charge is 0.496 e. The zero-order chi connectivity index (χ0) is 12.4. The van der Waals surface area contributed by atoms with Crippen LogP contribution in [0, 0.1) is 5.92 Å². The van der Waals surface area contributed by atoms with E-state index in [4.69, 9.17) is 4.74 Å². The van der Waals surface area contributed by atoms with Crippen molar-refractivity contribution in [2.24, 2.45) is 5.92 Å². The molecule has 3 heteroatoms. The maximum absolute atomic E-state index is 5.55. The molecule has 1 heterocycles. The quantitative estimate of drug-likeness (QED) is 0.880. The Morgan fingerprint density at radius 2 is 1.94 bits per heavy atom. The fraction of sp³-hybridized carbons (Fsp3) is 0.600. The molecule has 98 valence electrons. The Morgan fingerprint density at radius 3 is 2.61 bits per heavy atom. The van der Waals surface area contributed by atoms with Gasteiger partial charge in [0.25, 0.3) is 0 Å². The second-order valence-corrected chi connectivity index (χ2v) is 5.31. The smallest absolute Gasteiger partial charge is 0.123 e. The van der Waals surface area contributed by atoms with Gasteiger partial charge in [0.2, 0.25) is 0 Å². The Kier molecular flexibility index (Phi) is 3.52. The number of rotatable bonds is 4. The summed E-state index contributed by atoms with van der Waals surface area (Å²) in [4.78, 5) is 2.63. The van der Waals surface area contributed by atoms with E-state index in [-0.39, 0.29) is 0 Å². The highest BCUT2D eigenvalue weighted by atomic mass is 16.5. The number of hydrogen-bond donors (Lipinski definition) is 1. The fourth-order valence-electron chi connectivity index (χ4n) is 3.03. The zero-order valence-electron chi connectivity index (χ0n) is 11.1. The van der Waals surface area contributed by atoms with E-state index in [1.54, 1.807) is 7.11 Å². The third-order valence-corrected chi connectivity index (χ3v) is 4.07. The van der Waals surface area contributed by atoms with Crippen LogP contribution in [0.2, 0.25) is 0 Å². The van der Waals surface area contributed by atoms with Gasteiger partial charge >= 0.3 is 0 Å². The first-order chi connectivity index (χ1) is 8.90. The van der Waals surface area contributed by atoms with E-state index < -0.39 is 0 Å². The number of ether oxygens (including phenoxy) is 1. The van der Waals surface area contributed by atoms with E-state index in [1.807, 2.05) is 0 Å². The minimum absolute atomic E-state index is 0.559. The van der Waals surface area contributed by atoms with Crippen molar-refractivity contribution < 1.29 is 4.74 Å². The van der Waals surface area contributed by atoms with E-state index in [2.05, 4.69) is 34.5 Å². The first-order valence-electron chi connectivity index (χ1n) is 6.98. The molecule has 0 unspecified atom stereocenters. The maximum Gasteiger partial charge on any atom is 0.123 e. The number of nitrogens with one attached hydrogen (secondary N) is 1. The molecule has 18 heavy (non-hydrogen) atoms. The highest BCUT2D eigenvalue weighted by molar-refractivity contribution is 5.37. The lowest BCUT2D eigenvalue weighted by atomic mass is 9.99. The number of para-hydroxylation sites is 1. The molecule has 2 fully saturated rings. The number of hydrogen-bond acceptors (Lipinski definition) is 3. The van der Waals surface area contributed by atoms with Crippen molar-refractivity contribution in [2.45, 2.75) is 18.9 Å². The molecule has 0 bridgehead atoms. The van der Waals surface area contributed by atoms with Crippen molar-refractivity contribution in [1.29, 1.82) is 0 Å². The molecule has 1 atom stereocenters. The standard InChI is InChI=1S/C15H22N2O/c1-18-14-5-3-2-4-13(14)15(12-6-7-12)17-10-8-16-9-11-17/h2-5,12,15-16H,6-11H2,1H3/t15-/m0/s1. The van der Waals surface area contributed by atoms with E-state index >= 15 is 0 Å². The van der Waals surface area contributed by atoms with Gasteiger partial charge in [-0.25, -0.2) is 0 Å². The van der Waals surface area contributed by atoms with Crippen molar-refractivity contribution in [3.05, 3.63) is 29.8 Å². The highest BCUT2D eigenvalue weighted by Gasteiger charge is 2.37. The molecule has 3 nitrogen and oxygen atoms in total. The number of methoxy groups -OCH3 is 1. The van der Waals surface area contributed by atoms with Crippen LogP contribution in [0.15, 0.2) is 24.3 Å². The van der Waals surface area contributed by atoms with Gasteiger partial charge in [-0.2, -0.15) is 0 Å². The van der Waals surface area contributed by atoms with Gasteiger partial charge in [-0.05, 0) is 24.8 Å². The Bertz CT molecular complexity index is 397. The van der Waals surface area contributed by atoms with E-state index in [1.165, 1.54) is 18.4 Å². The minimum Gasteiger partial charge on any atom is -0.496 e. The molecule has 2 aliphatic rings. The average molecular weight is 246 g/mol. The Balaban J connectivity index is 1.88. The third kappa shape index (κ3) is 2.38. The van der Waals surface area contributed by atoms with Crippen LogP contribution < -0.4 is 10.1 Å². The van der Waals surface area contributed by atoms with Crippen LogP contribution in [0.4, 0.5) is 0 Å². The molecule has 1 saturated heterocycles. The maximum atomic E-state index is 5.55. The molecule has 1 aliphatic heterocycles. The molecule has 0 amide bonds. The summed E-state index contributed by atoms with van der Waals surface area (Å²) in [5.74, 6) is 1.88. The predicted molar refractivity (Wildman–Crippen MR) is 72.9 cm³/mol. The van der Waals surface area contributed by atoms with Crippen LogP contribution >= 0.6 is 0 Å². The monoisotopic (exact) mass is 246 g/mol. The van der Waals surface area contributed by atoms with Crippen LogP contribution in [0.5, 0.6) is 5.75 Å². The highest BCUT2D eigenvalue weighted by Crippen LogP contribution is 2.46. The third-order valence-electron chi connectivity index (χ3n) is 4.07. The van der Waals surface area contributed by atoms with Gasteiger partial charge in [0.05, 0.1) is 7.11 Å². The van der Waals surface area contributed by atoms with Crippen LogP contribution in [0.25, 0.3) is 0 Å². The molecule has 0 spiro atoms. The van der Waals surface area contributed by atoms with Crippen LogP contribution in [0.1, 0.15) is 24.4 Å². The molecule has 0 aromatic heterocycles. The summed E-state index contributed by atoms with van der Waals surface area (Å²) in [6.45, 7) is 4.52. The molecule has 1 aromatic rings. The lowest BCUT2D eigenvalue weighted by molar-refractivity contribution is 0.153. The summed E-state index contributed by atoms with van der Waals surface area (Å²) < 4.78 is 5.55. The second kappa shape index (κ2) is 5.29. The predicted octanol–water partition coefficient (Wildman–Crippen LogP) is 2.05. The molecule has 1 aromatic carbocycles.